The van der Waals surface area contributed by atoms with Crippen molar-refractivity contribution in [2.24, 2.45) is 0 Å². The summed E-state index contributed by atoms with van der Waals surface area (Å²) >= 11 is 0. The Morgan fingerprint density at radius 3 is 2.42 bits per heavy atom. The molecule has 0 aromatic heterocycles. The monoisotopic (exact) mass is 268 g/mol. The lowest BCUT2D eigenvalue weighted by Gasteiger charge is -2.18. The van der Waals surface area contributed by atoms with Crippen LogP contribution in [0.1, 0.15) is 25.0 Å². The standard InChI is InChI=1S/C13H16O6/c1-8(14)19-12(7-13(15)16)10-5-4-9(17-2)6-11(10)18-3/h4-6,12H,7H2,1-3H3,(H,15,16). The second kappa shape index (κ2) is 6.63. The molecule has 0 spiro atoms. The van der Waals surface area contributed by atoms with Crippen molar-refractivity contribution in [1.29, 1.82) is 0 Å². The molecule has 1 rings (SSSR count). The first-order valence-electron chi connectivity index (χ1n) is 5.58. The number of hydrogen-bond donors (Lipinski definition) is 1. The lowest BCUT2D eigenvalue weighted by atomic mass is 10.0. The Hall–Kier alpha value is -2.24. The van der Waals surface area contributed by atoms with Gasteiger partial charge in [0.05, 0.1) is 20.6 Å². The minimum Gasteiger partial charge on any atom is -0.497 e. The summed E-state index contributed by atoms with van der Waals surface area (Å²) in [5.41, 5.74) is 0.487. The molecule has 1 unspecified atom stereocenters. The molecule has 104 valence electrons. The Kier molecular flexibility index (Phi) is 5.17. The first kappa shape index (κ1) is 14.8. The minimum atomic E-state index is -1.07. The van der Waals surface area contributed by atoms with Gasteiger partial charge in [0.25, 0.3) is 0 Å². The van der Waals surface area contributed by atoms with Crippen LogP contribution in [0.4, 0.5) is 0 Å². The van der Waals surface area contributed by atoms with E-state index in [4.69, 9.17) is 19.3 Å². The summed E-state index contributed by atoms with van der Waals surface area (Å²) in [6.45, 7) is 1.23. The van der Waals surface area contributed by atoms with Crippen LogP contribution in [0.25, 0.3) is 0 Å². The molecule has 0 heterocycles. The van der Waals surface area contributed by atoms with Gasteiger partial charge in [0.1, 0.15) is 17.6 Å². The van der Waals surface area contributed by atoms with E-state index in [0.29, 0.717) is 17.1 Å². The van der Waals surface area contributed by atoms with E-state index in [1.165, 1.54) is 21.1 Å². The second-order valence-electron chi connectivity index (χ2n) is 3.80. The van der Waals surface area contributed by atoms with Gasteiger partial charge in [-0.1, -0.05) is 0 Å². The van der Waals surface area contributed by atoms with E-state index >= 15 is 0 Å². The molecule has 1 aromatic carbocycles. The van der Waals surface area contributed by atoms with Crippen LogP contribution in [0.2, 0.25) is 0 Å². The van der Waals surface area contributed by atoms with Crippen molar-refractivity contribution in [3.8, 4) is 11.5 Å². The third kappa shape index (κ3) is 4.17. The molecule has 0 aliphatic heterocycles. The third-order valence-corrected chi connectivity index (χ3v) is 2.46. The number of carboxylic acid groups (broad SMARTS) is 1. The number of benzene rings is 1. The van der Waals surface area contributed by atoms with Crippen LogP contribution in [-0.4, -0.2) is 31.3 Å². The predicted molar refractivity (Wildman–Crippen MR) is 66.3 cm³/mol. The molecule has 19 heavy (non-hydrogen) atoms. The van der Waals surface area contributed by atoms with E-state index in [-0.39, 0.29) is 6.42 Å². The molecule has 1 aromatic rings. The van der Waals surface area contributed by atoms with Crippen molar-refractivity contribution in [3.63, 3.8) is 0 Å². The van der Waals surface area contributed by atoms with Crippen LogP contribution < -0.4 is 9.47 Å². The summed E-state index contributed by atoms with van der Waals surface area (Å²) in [7, 11) is 2.96. The average Bonchev–Trinajstić information content (AvgIpc) is 2.36. The van der Waals surface area contributed by atoms with Crippen molar-refractivity contribution in [1.82, 2.24) is 0 Å². The van der Waals surface area contributed by atoms with Gasteiger partial charge in [-0.15, -0.1) is 0 Å². The van der Waals surface area contributed by atoms with Crippen molar-refractivity contribution in [2.75, 3.05) is 14.2 Å². The van der Waals surface area contributed by atoms with Gasteiger partial charge in [-0.2, -0.15) is 0 Å². The summed E-state index contributed by atoms with van der Waals surface area (Å²) < 4.78 is 15.2. The number of carbonyl (C=O) groups is 2. The van der Waals surface area contributed by atoms with Crippen LogP contribution in [0, 0.1) is 0 Å². The number of hydrogen-bond acceptors (Lipinski definition) is 5. The zero-order valence-corrected chi connectivity index (χ0v) is 11.0. The highest BCUT2D eigenvalue weighted by Gasteiger charge is 2.22. The molecule has 0 bridgehead atoms. The van der Waals surface area contributed by atoms with Gasteiger partial charge in [0.15, 0.2) is 0 Å². The normalized spacial score (nSPS) is 11.5. The van der Waals surface area contributed by atoms with Crippen LogP contribution in [0.5, 0.6) is 11.5 Å². The number of aliphatic carboxylic acids is 1. The summed E-state index contributed by atoms with van der Waals surface area (Å²) in [5.74, 6) is -0.641. The Morgan fingerprint density at radius 1 is 1.26 bits per heavy atom. The highest BCUT2D eigenvalue weighted by Crippen LogP contribution is 2.33. The molecule has 0 aliphatic rings. The molecule has 0 saturated carbocycles. The number of carbonyl (C=O) groups excluding carboxylic acids is 1. The van der Waals surface area contributed by atoms with E-state index in [1.54, 1.807) is 18.2 Å². The number of carboxylic acids is 1. The number of esters is 1. The van der Waals surface area contributed by atoms with Gasteiger partial charge >= 0.3 is 11.9 Å². The van der Waals surface area contributed by atoms with Gasteiger partial charge in [-0.05, 0) is 12.1 Å². The van der Waals surface area contributed by atoms with E-state index in [2.05, 4.69) is 0 Å². The smallest absolute Gasteiger partial charge is 0.307 e. The second-order valence-corrected chi connectivity index (χ2v) is 3.80. The average molecular weight is 268 g/mol. The van der Waals surface area contributed by atoms with Crippen molar-refractivity contribution in [3.05, 3.63) is 23.8 Å². The van der Waals surface area contributed by atoms with E-state index in [1.807, 2.05) is 0 Å². The number of ether oxygens (including phenoxy) is 3. The molecule has 0 fully saturated rings. The molecular weight excluding hydrogens is 252 g/mol. The molecular formula is C13H16O6. The maximum atomic E-state index is 11.1. The predicted octanol–water partition coefficient (Wildman–Crippen LogP) is 1.78. The van der Waals surface area contributed by atoms with Crippen LogP contribution in [-0.2, 0) is 14.3 Å². The molecule has 0 aliphatic carbocycles. The Labute approximate surface area is 110 Å². The topological polar surface area (TPSA) is 82.1 Å². The lowest BCUT2D eigenvalue weighted by molar-refractivity contribution is -0.151. The Bertz CT molecular complexity index is 452. The van der Waals surface area contributed by atoms with Crippen molar-refractivity contribution < 1.29 is 28.9 Å². The van der Waals surface area contributed by atoms with Crippen molar-refractivity contribution in [2.45, 2.75) is 19.4 Å². The minimum absolute atomic E-state index is 0.331. The van der Waals surface area contributed by atoms with Gasteiger partial charge in [0.2, 0.25) is 0 Å². The first-order valence-corrected chi connectivity index (χ1v) is 5.58. The Morgan fingerprint density at radius 2 is 1.95 bits per heavy atom. The first-order chi connectivity index (χ1) is 8.97. The fourth-order valence-electron chi connectivity index (χ4n) is 1.66. The summed E-state index contributed by atoms with van der Waals surface area (Å²) in [6.07, 6.45) is -1.22. The summed E-state index contributed by atoms with van der Waals surface area (Å²) in [4.78, 5) is 21.9. The van der Waals surface area contributed by atoms with Crippen molar-refractivity contribution >= 4 is 11.9 Å². The van der Waals surface area contributed by atoms with Crippen LogP contribution in [0.3, 0.4) is 0 Å². The molecule has 0 radical (unpaired) electrons. The number of rotatable bonds is 6. The van der Waals surface area contributed by atoms with E-state index in [9.17, 15) is 9.59 Å². The quantitative estimate of drug-likeness (QED) is 0.792. The maximum absolute atomic E-state index is 11.1. The highest BCUT2D eigenvalue weighted by molar-refractivity contribution is 5.70. The summed E-state index contributed by atoms with van der Waals surface area (Å²) in [6, 6.07) is 4.87. The van der Waals surface area contributed by atoms with Gasteiger partial charge < -0.3 is 19.3 Å². The molecule has 1 atom stereocenters. The zero-order chi connectivity index (χ0) is 14.4. The molecule has 0 saturated heterocycles. The summed E-state index contributed by atoms with van der Waals surface area (Å²) in [5, 5.41) is 8.87. The van der Waals surface area contributed by atoms with Gasteiger partial charge in [0, 0.05) is 18.6 Å². The lowest BCUT2D eigenvalue weighted by Crippen LogP contribution is -2.14. The largest absolute Gasteiger partial charge is 0.497 e. The van der Waals surface area contributed by atoms with E-state index < -0.39 is 18.0 Å². The third-order valence-electron chi connectivity index (χ3n) is 2.46. The molecule has 6 heteroatoms. The van der Waals surface area contributed by atoms with E-state index in [0.717, 1.165) is 0 Å². The Balaban J connectivity index is 3.12. The fourth-order valence-corrected chi connectivity index (χ4v) is 1.66. The molecule has 0 amide bonds. The zero-order valence-electron chi connectivity index (χ0n) is 11.0. The highest BCUT2D eigenvalue weighted by atomic mass is 16.5. The van der Waals surface area contributed by atoms with Gasteiger partial charge in [-0.25, -0.2) is 0 Å². The molecule has 1 N–H and O–H groups in total. The maximum Gasteiger partial charge on any atom is 0.307 e. The van der Waals surface area contributed by atoms with Crippen LogP contribution in [0.15, 0.2) is 18.2 Å². The van der Waals surface area contributed by atoms with Crippen LogP contribution >= 0.6 is 0 Å². The van der Waals surface area contributed by atoms with Gasteiger partial charge in [-0.3, -0.25) is 9.59 Å². The SMILES string of the molecule is COc1ccc(C(CC(=O)O)OC(C)=O)c(OC)c1. The molecule has 6 nitrogen and oxygen atoms in total. The fraction of sp³-hybridized carbons (Fsp3) is 0.385. The number of methoxy groups -OCH3 is 2.